The molecule has 0 radical (unpaired) electrons. The molecular weight excluding hydrogens is 300 g/mol. The molecule has 0 unspecified atom stereocenters. The predicted molar refractivity (Wildman–Crippen MR) is 70.3 cm³/mol. The number of rotatable bonds is 5. The summed E-state index contributed by atoms with van der Waals surface area (Å²) in [5.41, 5.74) is 0.738. The normalized spacial score (nSPS) is 21.1. The van der Waals surface area contributed by atoms with Gasteiger partial charge in [0.25, 0.3) is 0 Å². The van der Waals surface area contributed by atoms with Crippen LogP contribution in [0.4, 0.5) is 13.6 Å². The Labute approximate surface area is 125 Å². The number of aliphatic carboxylic acids is 1. The van der Waals surface area contributed by atoms with Gasteiger partial charge in [0.15, 0.2) is 0 Å². The molecule has 22 heavy (non-hydrogen) atoms. The smallest absolute Gasteiger partial charge is 0.410 e. The number of nitrogens with zero attached hydrogens (tertiary/aromatic N) is 1. The van der Waals surface area contributed by atoms with Gasteiger partial charge in [0, 0.05) is 6.42 Å². The number of carboxylic acid groups (broad SMARTS) is 1. The zero-order valence-corrected chi connectivity index (χ0v) is 11.5. The zero-order valence-electron chi connectivity index (χ0n) is 11.5. The molecule has 0 aliphatic carbocycles. The highest BCUT2D eigenvalue weighted by Crippen LogP contribution is 2.23. The molecule has 1 aromatic carbocycles. The lowest BCUT2D eigenvalue weighted by Gasteiger charge is -2.20. The number of benzene rings is 1. The van der Waals surface area contributed by atoms with Crippen LogP contribution in [0.25, 0.3) is 0 Å². The average molecular weight is 315 g/mol. The Hall–Kier alpha value is -2.22. The molecule has 8 heteroatoms. The van der Waals surface area contributed by atoms with Crippen LogP contribution < -0.4 is 0 Å². The van der Waals surface area contributed by atoms with E-state index in [1.807, 2.05) is 0 Å². The highest BCUT2D eigenvalue weighted by molar-refractivity contribution is 5.80. The van der Waals surface area contributed by atoms with Crippen molar-refractivity contribution in [1.29, 1.82) is 0 Å². The van der Waals surface area contributed by atoms with Crippen LogP contribution in [0.2, 0.25) is 0 Å². The fraction of sp³-hybridized carbons (Fsp3) is 0.429. The van der Waals surface area contributed by atoms with Gasteiger partial charge in [0.05, 0.1) is 12.6 Å². The van der Waals surface area contributed by atoms with Crippen LogP contribution in [0.5, 0.6) is 0 Å². The fourth-order valence-electron chi connectivity index (χ4n) is 2.28. The van der Waals surface area contributed by atoms with E-state index in [-0.39, 0.29) is 19.6 Å². The Morgan fingerprint density at radius 1 is 1.32 bits per heavy atom. The van der Waals surface area contributed by atoms with Crippen molar-refractivity contribution in [2.45, 2.75) is 31.8 Å². The molecule has 1 amide bonds. The van der Waals surface area contributed by atoms with E-state index in [0.29, 0.717) is 0 Å². The minimum atomic E-state index is -3.01. The molecule has 0 saturated carbocycles. The molecule has 0 spiro atoms. The first-order valence-corrected chi connectivity index (χ1v) is 6.61. The summed E-state index contributed by atoms with van der Waals surface area (Å²) >= 11 is 0. The molecule has 1 aromatic rings. The molecule has 6 nitrogen and oxygen atoms in total. The molecular formula is C14H15F2NO5. The largest absolute Gasteiger partial charge is 0.480 e. The van der Waals surface area contributed by atoms with Crippen LogP contribution in [-0.2, 0) is 20.9 Å². The molecule has 1 N–H and O–H groups in total. The van der Waals surface area contributed by atoms with E-state index >= 15 is 0 Å². The summed E-state index contributed by atoms with van der Waals surface area (Å²) in [6.07, 6.45) is -2.08. The van der Waals surface area contributed by atoms with Crippen molar-refractivity contribution in [3.05, 3.63) is 35.9 Å². The first kappa shape index (κ1) is 16.2. The highest BCUT2D eigenvalue weighted by Gasteiger charge is 2.42. The van der Waals surface area contributed by atoms with Gasteiger partial charge in [-0.15, -0.1) is 0 Å². The summed E-state index contributed by atoms with van der Waals surface area (Å²) in [6, 6.07) is 7.60. The summed E-state index contributed by atoms with van der Waals surface area (Å²) < 4.78 is 33.7. The van der Waals surface area contributed by atoms with E-state index < -0.39 is 30.8 Å². The second-order valence-electron chi connectivity index (χ2n) is 4.80. The number of amides is 1. The molecule has 1 heterocycles. The number of hydrogen-bond acceptors (Lipinski definition) is 4. The number of hydrogen-bond donors (Lipinski definition) is 1. The summed E-state index contributed by atoms with van der Waals surface area (Å²) in [5.74, 6) is -1.28. The van der Waals surface area contributed by atoms with Gasteiger partial charge in [-0.2, -0.15) is 8.78 Å². The molecule has 2 atom stereocenters. The number of carbonyl (C=O) groups is 2. The van der Waals surface area contributed by atoms with Crippen LogP contribution in [-0.4, -0.2) is 47.4 Å². The molecule has 0 bridgehead atoms. The van der Waals surface area contributed by atoms with E-state index in [0.717, 1.165) is 10.5 Å². The van der Waals surface area contributed by atoms with Crippen molar-refractivity contribution < 1.29 is 33.0 Å². The Bertz CT molecular complexity index is 525. The van der Waals surface area contributed by atoms with E-state index in [9.17, 15) is 18.4 Å². The summed E-state index contributed by atoms with van der Waals surface area (Å²) in [4.78, 5) is 24.0. The standard InChI is InChI=1S/C14H15F2NO5/c15-13(16)22-10-6-11(12(18)19)17(7-10)14(20)21-8-9-4-2-1-3-5-9/h1-5,10-11,13H,6-8H2,(H,18,19)/t10-,11-/m1/s1. The second kappa shape index (κ2) is 7.17. The van der Waals surface area contributed by atoms with Crippen LogP contribution >= 0.6 is 0 Å². The first-order chi connectivity index (χ1) is 10.5. The van der Waals surface area contributed by atoms with Crippen molar-refractivity contribution >= 4 is 12.1 Å². The third-order valence-electron chi connectivity index (χ3n) is 3.28. The Morgan fingerprint density at radius 3 is 2.59 bits per heavy atom. The monoisotopic (exact) mass is 315 g/mol. The number of carbonyl (C=O) groups excluding carboxylic acids is 1. The molecule has 1 aliphatic rings. The van der Waals surface area contributed by atoms with Crippen LogP contribution in [0, 0.1) is 0 Å². The number of likely N-dealkylation sites (tertiary alicyclic amines) is 1. The van der Waals surface area contributed by atoms with Gasteiger partial charge in [0.1, 0.15) is 12.6 Å². The van der Waals surface area contributed by atoms with Crippen LogP contribution in [0.1, 0.15) is 12.0 Å². The van der Waals surface area contributed by atoms with Crippen LogP contribution in [0.3, 0.4) is 0 Å². The Balaban J connectivity index is 1.95. The van der Waals surface area contributed by atoms with Crippen molar-refractivity contribution in [2.24, 2.45) is 0 Å². The predicted octanol–water partition coefficient (Wildman–Crippen LogP) is 2.09. The van der Waals surface area contributed by atoms with Gasteiger partial charge in [-0.25, -0.2) is 9.59 Å². The summed E-state index contributed by atoms with van der Waals surface area (Å²) in [7, 11) is 0. The van der Waals surface area contributed by atoms with E-state index in [1.165, 1.54) is 0 Å². The van der Waals surface area contributed by atoms with E-state index in [2.05, 4.69) is 4.74 Å². The quantitative estimate of drug-likeness (QED) is 0.900. The van der Waals surface area contributed by atoms with Crippen molar-refractivity contribution in [3.63, 3.8) is 0 Å². The maximum absolute atomic E-state index is 12.2. The Morgan fingerprint density at radius 2 is 2.00 bits per heavy atom. The maximum atomic E-state index is 12.2. The molecule has 1 fully saturated rings. The Kier molecular flexibility index (Phi) is 5.26. The molecule has 1 saturated heterocycles. The van der Waals surface area contributed by atoms with E-state index in [4.69, 9.17) is 9.84 Å². The summed E-state index contributed by atoms with van der Waals surface area (Å²) in [5, 5.41) is 9.08. The van der Waals surface area contributed by atoms with Gasteiger partial charge >= 0.3 is 18.7 Å². The molecule has 0 aromatic heterocycles. The summed E-state index contributed by atoms with van der Waals surface area (Å²) in [6.45, 7) is -3.28. The zero-order chi connectivity index (χ0) is 16.1. The third-order valence-corrected chi connectivity index (χ3v) is 3.28. The first-order valence-electron chi connectivity index (χ1n) is 6.61. The highest BCUT2D eigenvalue weighted by atomic mass is 19.3. The third kappa shape index (κ3) is 4.14. The minimum absolute atomic E-state index is 0.0249. The van der Waals surface area contributed by atoms with Gasteiger partial charge in [-0.1, -0.05) is 30.3 Å². The molecule has 120 valence electrons. The van der Waals surface area contributed by atoms with Gasteiger partial charge < -0.3 is 14.6 Å². The number of alkyl halides is 2. The lowest BCUT2D eigenvalue weighted by atomic mass is 10.2. The van der Waals surface area contributed by atoms with E-state index in [1.54, 1.807) is 30.3 Å². The number of ether oxygens (including phenoxy) is 2. The number of carboxylic acids is 1. The van der Waals surface area contributed by atoms with Gasteiger partial charge in [-0.3, -0.25) is 4.90 Å². The van der Waals surface area contributed by atoms with Gasteiger partial charge in [0.2, 0.25) is 0 Å². The maximum Gasteiger partial charge on any atom is 0.410 e. The minimum Gasteiger partial charge on any atom is -0.480 e. The van der Waals surface area contributed by atoms with Crippen LogP contribution in [0.15, 0.2) is 30.3 Å². The average Bonchev–Trinajstić information content (AvgIpc) is 2.89. The van der Waals surface area contributed by atoms with Crippen molar-refractivity contribution in [1.82, 2.24) is 4.90 Å². The lowest BCUT2D eigenvalue weighted by molar-refractivity contribution is -0.159. The number of halogens is 2. The van der Waals surface area contributed by atoms with Gasteiger partial charge in [-0.05, 0) is 5.56 Å². The topological polar surface area (TPSA) is 76.1 Å². The fourth-order valence-corrected chi connectivity index (χ4v) is 2.28. The SMILES string of the molecule is O=C(O)[C@H]1C[C@@H](OC(F)F)CN1C(=O)OCc1ccccc1. The molecule has 1 aliphatic heterocycles. The van der Waals surface area contributed by atoms with Crippen molar-refractivity contribution in [2.75, 3.05) is 6.54 Å². The second-order valence-corrected chi connectivity index (χ2v) is 4.80. The lowest BCUT2D eigenvalue weighted by Crippen LogP contribution is -2.40. The van der Waals surface area contributed by atoms with Crippen molar-refractivity contribution in [3.8, 4) is 0 Å². The molecule has 2 rings (SSSR count).